The van der Waals surface area contributed by atoms with Crippen molar-refractivity contribution >= 4 is 43.7 Å². The van der Waals surface area contributed by atoms with E-state index in [-0.39, 0.29) is 15.7 Å². The molecule has 1 amide bonds. The number of aryl methyl sites for hydroxylation is 2. The SMILES string of the molecule is O=C(Nc1nc2c(s1)CCCC2)c1sccc1S(=O)(=O)N1CCCCC1. The van der Waals surface area contributed by atoms with Gasteiger partial charge in [0, 0.05) is 18.0 Å². The van der Waals surface area contributed by atoms with E-state index in [9.17, 15) is 13.2 Å². The largest absolute Gasteiger partial charge is 0.297 e. The van der Waals surface area contributed by atoms with E-state index in [1.54, 1.807) is 5.38 Å². The molecule has 1 N–H and O–H groups in total. The molecule has 0 bridgehead atoms. The third-order valence-electron chi connectivity index (χ3n) is 4.83. The Hall–Kier alpha value is -1.29. The Balaban J connectivity index is 1.56. The van der Waals surface area contributed by atoms with Crippen molar-refractivity contribution in [1.82, 2.24) is 9.29 Å². The first-order valence-electron chi connectivity index (χ1n) is 8.93. The Morgan fingerprint density at radius 3 is 2.65 bits per heavy atom. The number of aromatic nitrogens is 1. The normalized spacial score (nSPS) is 18.5. The summed E-state index contributed by atoms with van der Waals surface area (Å²) in [7, 11) is -3.62. The summed E-state index contributed by atoms with van der Waals surface area (Å²) < 4.78 is 27.3. The highest BCUT2D eigenvalue weighted by atomic mass is 32.2. The second kappa shape index (κ2) is 7.38. The quantitative estimate of drug-likeness (QED) is 0.835. The number of amides is 1. The van der Waals surface area contributed by atoms with Gasteiger partial charge in [0.1, 0.15) is 9.77 Å². The van der Waals surface area contributed by atoms with E-state index in [1.807, 2.05) is 0 Å². The van der Waals surface area contributed by atoms with E-state index >= 15 is 0 Å². The lowest BCUT2D eigenvalue weighted by molar-refractivity contribution is 0.102. The van der Waals surface area contributed by atoms with Crippen LogP contribution in [0.3, 0.4) is 0 Å². The number of nitrogens with zero attached hydrogens (tertiary/aromatic N) is 2. The monoisotopic (exact) mass is 411 g/mol. The van der Waals surface area contributed by atoms with Crippen LogP contribution >= 0.6 is 22.7 Å². The zero-order valence-corrected chi connectivity index (χ0v) is 16.8. The molecule has 0 saturated carbocycles. The molecule has 2 aromatic rings. The molecule has 2 aromatic heterocycles. The molecule has 140 valence electrons. The number of thiazole rings is 1. The molecule has 2 aliphatic rings. The molecule has 1 saturated heterocycles. The molecule has 1 aliphatic heterocycles. The summed E-state index contributed by atoms with van der Waals surface area (Å²) >= 11 is 2.67. The van der Waals surface area contributed by atoms with Crippen LogP contribution < -0.4 is 5.32 Å². The topological polar surface area (TPSA) is 79.4 Å². The fourth-order valence-electron chi connectivity index (χ4n) is 3.47. The Kier molecular flexibility index (Phi) is 5.13. The highest BCUT2D eigenvalue weighted by Gasteiger charge is 2.31. The molecule has 9 heteroatoms. The maximum Gasteiger partial charge on any atom is 0.268 e. The van der Waals surface area contributed by atoms with Gasteiger partial charge in [-0.2, -0.15) is 4.31 Å². The van der Waals surface area contributed by atoms with Crippen LogP contribution in [0.2, 0.25) is 0 Å². The molecule has 0 atom stereocenters. The molecule has 0 unspecified atom stereocenters. The van der Waals surface area contributed by atoms with E-state index < -0.39 is 10.0 Å². The molecule has 4 rings (SSSR count). The highest BCUT2D eigenvalue weighted by Crippen LogP contribution is 2.31. The maximum absolute atomic E-state index is 12.9. The minimum Gasteiger partial charge on any atom is -0.297 e. The smallest absolute Gasteiger partial charge is 0.268 e. The number of anilines is 1. The van der Waals surface area contributed by atoms with Crippen molar-refractivity contribution < 1.29 is 13.2 Å². The van der Waals surface area contributed by atoms with Gasteiger partial charge in [0.05, 0.1) is 5.69 Å². The predicted octanol–water partition coefficient (Wildman–Crippen LogP) is 3.51. The third-order valence-corrected chi connectivity index (χ3v) is 8.89. The van der Waals surface area contributed by atoms with Crippen molar-refractivity contribution in [3.05, 3.63) is 26.9 Å². The minimum atomic E-state index is -3.62. The second-order valence-electron chi connectivity index (χ2n) is 6.63. The first-order valence-corrected chi connectivity index (χ1v) is 12.1. The maximum atomic E-state index is 12.9. The van der Waals surface area contributed by atoms with Crippen molar-refractivity contribution in [1.29, 1.82) is 0 Å². The van der Waals surface area contributed by atoms with Crippen molar-refractivity contribution in [2.75, 3.05) is 18.4 Å². The van der Waals surface area contributed by atoms with E-state index in [4.69, 9.17) is 0 Å². The summed E-state index contributed by atoms with van der Waals surface area (Å²) in [6.07, 6.45) is 7.05. The standard InChI is InChI=1S/C17H21N3O3S3/c21-16(19-17-18-12-6-2-3-7-13(12)25-17)15-14(8-11-24-15)26(22,23)20-9-4-1-5-10-20/h8,11H,1-7,9-10H2,(H,18,19,21). The summed E-state index contributed by atoms with van der Waals surface area (Å²) in [5.74, 6) is -0.387. The zero-order valence-electron chi connectivity index (χ0n) is 14.4. The third kappa shape index (κ3) is 3.45. The number of hydrogen-bond acceptors (Lipinski definition) is 6. The highest BCUT2D eigenvalue weighted by molar-refractivity contribution is 7.89. The zero-order chi connectivity index (χ0) is 18.1. The Morgan fingerprint density at radius 1 is 1.12 bits per heavy atom. The van der Waals surface area contributed by atoms with E-state index in [0.717, 1.165) is 62.0 Å². The number of thiophene rings is 1. The molecule has 0 radical (unpaired) electrons. The van der Waals surface area contributed by atoms with Crippen molar-refractivity contribution in [2.45, 2.75) is 49.8 Å². The van der Waals surface area contributed by atoms with Crippen LogP contribution in [-0.4, -0.2) is 36.7 Å². The van der Waals surface area contributed by atoms with Gasteiger partial charge in [-0.05, 0) is 50.0 Å². The Morgan fingerprint density at radius 2 is 1.88 bits per heavy atom. The van der Waals surface area contributed by atoms with Gasteiger partial charge < -0.3 is 0 Å². The van der Waals surface area contributed by atoms with Crippen LogP contribution in [0.4, 0.5) is 5.13 Å². The number of carbonyl (C=O) groups excluding carboxylic acids is 1. The Labute approximate surface area is 161 Å². The van der Waals surface area contributed by atoms with Crippen LogP contribution in [-0.2, 0) is 22.9 Å². The lowest BCUT2D eigenvalue weighted by atomic mass is 10.0. The number of sulfonamides is 1. The van der Waals surface area contributed by atoms with Gasteiger partial charge in [-0.3, -0.25) is 10.1 Å². The molecule has 0 spiro atoms. The van der Waals surface area contributed by atoms with Crippen LogP contribution in [0, 0.1) is 0 Å². The molecular formula is C17H21N3O3S3. The van der Waals surface area contributed by atoms with E-state index in [1.165, 1.54) is 26.6 Å². The Bertz CT molecular complexity index is 887. The summed E-state index contributed by atoms with van der Waals surface area (Å²) in [6, 6.07) is 1.54. The number of fused-ring (bicyclic) bond motifs is 1. The first kappa shape index (κ1) is 18.1. The van der Waals surface area contributed by atoms with Gasteiger partial charge in [0.15, 0.2) is 5.13 Å². The van der Waals surface area contributed by atoms with E-state index in [2.05, 4.69) is 10.3 Å². The number of nitrogens with one attached hydrogen (secondary N) is 1. The van der Waals surface area contributed by atoms with Gasteiger partial charge in [-0.25, -0.2) is 13.4 Å². The fraction of sp³-hybridized carbons (Fsp3) is 0.529. The first-order chi connectivity index (χ1) is 12.6. The average Bonchev–Trinajstić information content (AvgIpc) is 3.29. The van der Waals surface area contributed by atoms with E-state index in [0.29, 0.717) is 18.2 Å². The summed E-state index contributed by atoms with van der Waals surface area (Å²) in [4.78, 5) is 18.8. The molecule has 6 nitrogen and oxygen atoms in total. The molecular weight excluding hydrogens is 390 g/mol. The summed E-state index contributed by atoms with van der Waals surface area (Å²) in [5.41, 5.74) is 1.07. The van der Waals surface area contributed by atoms with Crippen LogP contribution in [0.1, 0.15) is 52.3 Å². The molecule has 1 aliphatic carbocycles. The number of piperidine rings is 1. The van der Waals surface area contributed by atoms with Gasteiger partial charge >= 0.3 is 0 Å². The average molecular weight is 412 g/mol. The number of hydrogen-bond donors (Lipinski definition) is 1. The summed E-state index contributed by atoms with van der Waals surface area (Å²) in [6.45, 7) is 1.05. The fourth-order valence-corrected chi connectivity index (χ4v) is 7.33. The summed E-state index contributed by atoms with van der Waals surface area (Å²) in [5, 5.41) is 5.04. The van der Waals surface area contributed by atoms with Crippen molar-refractivity contribution in [3.8, 4) is 0 Å². The van der Waals surface area contributed by atoms with Gasteiger partial charge in [0.2, 0.25) is 10.0 Å². The van der Waals surface area contributed by atoms with Crippen LogP contribution in [0.5, 0.6) is 0 Å². The lowest BCUT2D eigenvalue weighted by Gasteiger charge is -2.25. The van der Waals surface area contributed by atoms with Gasteiger partial charge in [0.25, 0.3) is 5.91 Å². The predicted molar refractivity (Wildman–Crippen MR) is 104 cm³/mol. The molecule has 0 aromatic carbocycles. The lowest BCUT2D eigenvalue weighted by Crippen LogP contribution is -2.36. The van der Waals surface area contributed by atoms with Crippen molar-refractivity contribution in [2.24, 2.45) is 0 Å². The van der Waals surface area contributed by atoms with Crippen molar-refractivity contribution in [3.63, 3.8) is 0 Å². The minimum absolute atomic E-state index is 0.114. The molecule has 1 fully saturated rings. The molecule has 3 heterocycles. The van der Waals surface area contributed by atoms with Gasteiger partial charge in [-0.1, -0.05) is 6.42 Å². The van der Waals surface area contributed by atoms with Crippen LogP contribution in [0.25, 0.3) is 0 Å². The number of rotatable bonds is 4. The van der Waals surface area contributed by atoms with Crippen LogP contribution in [0.15, 0.2) is 16.3 Å². The second-order valence-corrected chi connectivity index (χ2v) is 10.5. The van der Waals surface area contributed by atoms with Gasteiger partial charge in [-0.15, -0.1) is 22.7 Å². The molecule has 26 heavy (non-hydrogen) atoms. The number of carbonyl (C=O) groups is 1.